The number of thiazole rings is 1. The van der Waals surface area contributed by atoms with E-state index in [4.69, 9.17) is 4.98 Å². The van der Waals surface area contributed by atoms with Crippen LogP contribution in [0.2, 0.25) is 0 Å². The van der Waals surface area contributed by atoms with E-state index in [1.807, 2.05) is 0 Å². The number of rotatable bonds is 6. The van der Waals surface area contributed by atoms with Gasteiger partial charge in [0.05, 0.1) is 24.1 Å². The Balaban J connectivity index is 1.23. The largest absolute Gasteiger partial charge is 0.348 e. The van der Waals surface area contributed by atoms with E-state index >= 15 is 0 Å². The summed E-state index contributed by atoms with van der Waals surface area (Å²) in [7, 11) is 0. The van der Waals surface area contributed by atoms with Gasteiger partial charge in [0.25, 0.3) is 5.91 Å². The number of amides is 1. The summed E-state index contributed by atoms with van der Waals surface area (Å²) in [6.07, 6.45) is 7.95. The average Bonchev–Trinajstić information content (AvgIpc) is 3.56. The molecule has 2 aliphatic heterocycles. The molecule has 3 aliphatic rings. The zero-order valence-electron chi connectivity index (χ0n) is 19.0. The number of piperidine rings is 2. The van der Waals surface area contributed by atoms with Crippen LogP contribution in [0, 0.1) is 17.6 Å². The molecule has 0 unspecified atom stereocenters. The average molecular weight is 476 g/mol. The molecule has 33 heavy (non-hydrogen) atoms. The van der Waals surface area contributed by atoms with Gasteiger partial charge in [0, 0.05) is 37.7 Å². The van der Waals surface area contributed by atoms with Gasteiger partial charge in [-0.1, -0.05) is 18.3 Å². The Hall–Kier alpha value is -2.13. The highest BCUT2D eigenvalue weighted by atomic mass is 32.1. The molecule has 1 aliphatic carbocycles. The number of likely N-dealkylation sites (tertiary alicyclic amines) is 1. The SMILES string of the molecule is C[C@@H]1CCCN(C2CCN(c3nc(C4CC4)c(C(=O)NCc4ncc(F)cc4F)s3)CC2)C1. The van der Waals surface area contributed by atoms with E-state index in [9.17, 15) is 13.6 Å². The number of hydrogen-bond acceptors (Lipinski definition) is 6. The molecule has 1 amide bonds. The number of anilines is 1. The second kappa shape index (κ2) is 9.62. The quantitative estimate of drug-likeness (QED) is 0.674. The zero-order valence-corrected chi connectivity index (χ0v) is 19.8. The molecule has 6 nitrogen and oxygen atoms in total. The standard InChI is InChI=1S/C24H31F2N5OS/c1-15-3-2-8-31(14-15)18-6-9-30(10-7-18)24-29-21(16-4-5-16)22(33-24)23(32)28-13-20-19(26)11-17(25)12-27-20/h11-12,15-16,18H,2-10,13-14H2,1H3,(H,28,32)/t15-/m1/s1. The monoisotopic (exact) mass is 475 g/mol. The van der Waals surface area contributed by atoms with Gasteiger partial charge in [0.2, 0.25) is 0 Å². The molecule has 2 aromatic rings. The van der Waals surface area contributed by atoms with Gasteiger partial charge in [-0.25, -0.2) is 13.8 Å². The summed E-state index contributed by atoms with van der Waals surface area (Å²) >= 11 is 1.44. The molecule has 0 aromatic carbocycles. The van der Waals surface area contributed by atoms with Crippen LogP contribution in [-0.2, 0) is 6.54 Å². The predicted molar refractivity (Wildman–Crippen MR) is 125 cm³/mol. The maximum absolute atomic E-state index is 13.9. The Morgan fingerprint density at radius 3 is 2.67 bits per heavy atom. The van der Waals surface area contributed by atoms with E-state index in [1.54, 1.807) is 0 Å². The molecule has 9 heteroatoms. The fourth-order valence-corrected chi connectivity index (χ4v) is 6.17. The Morgan fingerprint density at radius 2 is 1.97 bits per heavy atom. The molecule has 2 aromatic heterocycles. The van der Waals surface area contributed by atoms with E-state index < -0.39 is 11.6 Å². The summed E-state index contributed by atoms with van der Waals surface area (Å²) in [5.74, 6) is -0.624. The lowest BCUT2D eigenvalue weighted by Crippen LogP contribution is -2.48. The van der Waals surface area contributed by atoms with Crippen molar-refractivity contribution in [3.8, 4) is 0 Å². The Bertz CT molecular complexity index is 1000. The second-order valence-corrected chi connectivity index (χ2v) is 10.7. The van der Waals surface area contributed by atoms with E-state index in [0.29, 0.717) is 16.8 Å². The number of halogens is 2. The normalized spacial score (nSPS) is 22.5. The Labute approximate surface area is 197 Å². The van der Waals surface area contributed by atoms with Crippen molar-refractivity contribution in [2.24, 2.45) is 5.92 Å². The molecular formula is C24H31F2N5OS. The third-order valence-electron chi connectivity index (χ3n) is 7.05. The maximum Gasteiger partial charge on any atom is 0.263 e. The van der Waals surface area contributed by atoms with Gasteiger partial charge in [-0.15, -0.1) is 0 Å². The predicted octanol–water partition coefficient (Wildman–Crippen LogP) is 4.32. The van der Waals surface area contributed by atoms with E-state index in [2.05, 4.69) is 27.0 Å². The van der Waals surface area contributed by atoms with Crippen molar-refractivity contribution >= 4 is 22.4 Å². The molecule has 1 N–H and O–H groups in total. The minimum absolute atomic E-state index is 0.0246. The molecule has 5 rings (SSSR count). The van der Waals surface area contributed by atoms with Crippen LogP contribution in [0.25, 0.3) is 0 Å². The van der Waals surface area contributed by atoms with Crippen LogP contribution >= 0.6 is 11.3 Å². The third kappa shape index (κ3) is 5.19. The smallest absolute Gasteiger partial charge is 0.263 e. The molecule has 178 valence electrons. The number of carbonyl (C=O) groups is 1. The van der Waals surface area contributed by atoms with Gasteiger partial charge in [-0.3, -0.25) is 14.7 Å². The number of pyridine rings is 1. The van der Waals surface area contributed by atoms with Crippen LogP contribution in [0.1, 0.15) is 72.4 Å². The van der Waals surface area contributed by atoms with Gasteiger partial charge < -0.3 is 10.2 Å². The first-order chi connectivity index (χ1) is 16.0. The molecule has 3 fully saturated rings. The highest BCUT2D eigenvalue weighted by Crippen LogP contribution is 2.44. The first kappa shape index (κ1) is 22.7. The first-order valence-electron chi connectivity index (χ1n) is 12.1. The molecule has 4 heterocycles. The first-order valence-corrected chi connectivity index (χ1v) is 12.9. The van der Waals surface area contributed by atoms with Crippen molar-refractivity contribution in [2.45, 2.75) is 64.0 Å². The van der Waals surface area contributed by atoms with Crippen LogP contribution < -0.4 is 10.2 Å². The van der Waals surface area contributed by atoms with Crippen LogP contribution in [0.5, 0.6) is 0 Å². The lowest BCUT2D eigenvalue weighted by molar-refractivity contribution is 0.0953. The van der Waals surface area contributed by atoms with Crippen molar-refractivity contribution in [3.63, 3.8) is 0 Å². The summed E-state index contributed by atoms with van der Waals surface area (Å²) in [5.41, 5.74) is 0.892. The highest BCUT2D eigenvalue weighted by Gasteiger charge is 2.34. The Kier molecular flexibility index (Phi) is 6.60. The number of nitrogens with one attached hydrogen (secondary N) is 1. The number of nitrogens with zero attached hydrogens (tertiary/aromatic N) is 4. The molecule has 2 saturated heterocycles. The van der Waals surface area contributed by atoms with Gasteiger partial charge in [0.1, 0.15) is 16.5 Å². The Morgan fingerprint density at radius 1 is 1.18 bits per heavy atom. The third-order valence-corrected chi connectivity index (χ3v) is 8.18. The topological polar surface area (TPSA) is 61.4 Å². The van der Waals surface area contributed by atoms with E-state index in [0.717, 1.165) is 67.8 Å². The summed E-state index contributed by atoms with van der Waals surface area (Å²) in [6, 6.07) is 1.43. The fraction of sp³-hybridized carbons (Fsp3) is 0.625. The molecule has 1 atom stereocenters. The highest BCUT2D eigenvalue weighted by molar-refractivity contribution is 7.17. The summed E-state index contributed by atoms with van der Waals surface area (Å²) in [4.78, 5) is 27.2. The lowest BCUT2D eigenvalue weighted by atomic mass is 9.95. The second-order valence-electron chi connectivity index (χ2n) is 9.71. The molecule has 0 bridgehead atoms. The van der Waals surface area contributed by atoms with Crippen molar-refractivity contribution in [1.29, 1.82) is 0 Å². The van der Waals surface area contributed by atoms with Crippen molar-refractivity contribution in [3.05, 3.63) is 40.2 Å². The maximum atomic E-state index is 13.9. The fourth-order valence-electron chi connectivity index (χ4n) is 5.05. The summed E-state index contributed by atoms with van der Waals surface area (Å²) in [6.45, 7) is 6.61. The summed E-state index contributed by atoms with van der Waals surface area (Å²) < 4.78 is 27.0. The van der Waals surface area contributed by atoms with Crippen molar-refractivity contribution in [1.82, 2.24) is 20.2 Å². The van der Waals surface area contributed by atoms with Crippen molar-refractivity contribution in [2.75, 3.05) is 31.1 Å². The summed E-state index contributed by atoms with van der Waals surface area (Å²) in [5, 5.41) is 3.67. The van der Waals surface area contributed by atoms with Crippen molar-refractivity contribution < 1.29 is 13.6 Å². The van der Waals surface area contributed by atoms with E-state index in [-0.39, 0.29) is 18.1 Å². The lowest BCUT2D eigenvalue weighted by Gasteiger charge is -2.41. The minimum Gasteiger partial charge on any atom is -0.348 e. The van der Waals surface area contributed by atoms with Gasteiger partial charge in [-0.05, 0) is 51.0 Å². The van der Waals surface area contributed by atoms with Gasteiger partial charge in [-0.2, -0.15) is 0 Å². The molecule has 0 radical (unpaired) electrons. The van der Waals surface area contributed by atoms with Crippen LogP contribution in [0.3, 0.4) is 0 Å². The molecule has 1 saturated carbocycles. The number of hydrogen-bond donors (Lipinski definition) is 1. The molecule has 0 spiro atoms. The number of aromatic nitrogens is 2. The molecular weight excluding hydrogens is 444 g/mol. The van der Waals surface area contributed by atoms with Crippen LogP contribution in [0.4, 0.5) is 13.9 Å². The van der Waals surface area contributed by atoms with Gasteiger partial charge >= 0.3 is 0 Å². The zero-order chi connectivity index (χ0) is 22.9. The van der Waals surface area contributed by atoms with Gasteiger partial charge in [0.15, 0.2) is 5.13 Å². The van der Waals surface area contributed by atoms with Crippen LogP contribution in [-0.4, -0.2) is 53.0 Å². The minimum atomic E-state index is -0.756. The van der Waals surface area contributed by atoms with E-state index in [1.165, 1.54) is 37.3 Å². The number of carbonyl (C=O) groups excluding carboxylic acids is 1. The van der Waals surface area contributed by atoms with Crippen LogP contribution in [0.15, 0.2) is 12.3 Å².